The number of non-ortho nitro benzene ring substituents is 1. The Balaban J connectivity index is 2.11. The van der Waals surface area contributed by atoms with Gasteiger partial charge in [-0.3, -0.25) is 19.2 Å². The normalized spacial score (nSPS) is 15.5. The van der Waals surface area contributed by atoms with E-state index >= 15 is 0 Å². The van der Waals surface area contributed by atoms with Crippen LogP contribution >= 0.6 is 0 Å². The number of amides is 1. The Bertz CT molecular complexity index is 1040. The van der Waals surface area contributed by atoms with Gasteiger partial charge < -0.3 is 10.8 Å². The first-order chi connectivity index (χ1) is 12.2. The molecule has 0 atom stereocenters. The van der Waals surface area contributed by atoms with Crippen molar-refractivity contribution in [3.05, 3.63) is 75.5 Å². The second-order valence-electron chi connectivity index (χ2n) is 5.49. The average molecular weight is 375 g/mol. The summed E-state index contributed by atoms with van der Waals surface area (Å²) in [4.78, 5) is 21.8. The highest BCUT2D eigenvalue weighted by molar-refractivity contribution is 7.89. The maximum Gasteiger partial charge on any atom is 0.269 e. The van der Waals surface area contributed by atoms with Gasteiger partial charge >= 0.3 is 0 Å². The molecule has 3 rings (SSSR count). The van der Waals surface area contributed by atoms with Crippen molar-refractivity contribution in [1.82, 2.24) is 4.31 Å². The lowest BCUT2D eigenvalue weighted by Gasteiger charge is -2.30. The van der Waals surface area contributed by atoms with Gasteiger partial charge in [0.25, 0.3) is 21.6 Å². The molecule has 0 radical (unpaired) electrons. The van der Waals surface area contributed by atoms with E-state index in [4.69, 9.17) is 5.73 Å². The molecule has 0 bridgehead atoms. The Morgan fingerprint density at radius 2 is 1.77 bits per heavy atom. The largest absolute Gasteiger partial charge is 0.505 e. The average Bonchev–Trinajstić information content (AvgIpc) is 2.60. The zero-order valence-corrected chi connectivity index (χ0v) is 14.0. The third-order valence-electron chi connectivity index (χ3n) is 3.89. The van der Waals surface area contributed by atoms with Crippen molar-refractivity contribution in [2.75, 3.05) is 0 Å². The van der Waals surface area contributed by atoms with Crippen LogP contribution in [0.3, 0.4) is 0 Å². The number of nitrogens with two attached hydrogens (primary N) is 1. The van der Waals surface area contributed by atoms with Crippen LogP contribution in [-0.4, -0.2) is 28.7 Å². The summed E-state index contributed by atoms with van der Waals surface area (Å²) in [6, 6.07) is 10.8. The minimum atomic E-state index is -4.15. The van der Waals surface area contributed by atoms with E-state index in [0.717, 1.165) is 0 Å². The topological polar surface area (TPSA) is 144 Å². The summed E-state index contributed by atoms with van der Waals surface area (Å²) >= 11 is 0. The molecule has 1 heterocycles. The molecule has 0 unspecified atom stereocenters. The molecule has 10 heteroatoms. The molecule has 0 saturated carbocycles. The maximum atomic E-state index is 12.9. The van der Waals surface area contributed by atoms with Crippen LogP contribution in [0.25, 0.3) is 5.76 Å². The first-order valence-electron chi connectivity index (χ1n) is 7.32. The lowest BCUT2D eigenvalue weighted by Crippen LogP contribution is -2.39. The van der Waals surface area contributed by atoms with Crippen LogP contribution in [0.5, 0.6) is 0 Å². The van der Waals surface area contributed by atoms with E-state index in [0.29, 0.717) is 9.87 Å². The van der Waals surface area contributed by atoms with Crippen molar-refractivity contribution in [2.45, 2.75) is 11.4 Å². The summed E-state index contributed by atoms with van der Waals surface area (Å²) in [5, 5.41) is 21.1. The van der Waals surface area contributed by atoms with Crippen LogP contribution in [0, 0.1) is 10.1 Å². The standard InChI is InChI=1S/C16H13N3O6S/c17-16(21)14-15(20)12-3-1-2-4-13(12)26(24,25)18(14)9-10-5-7-11(8-6-10)19(22)23/h1-8,20H,9H2,(H2,17,21). The third kappa shape index (κ3) is 2.75. The summed E-state index contributed by atoms with van der Waals surface area (Å²) < 4.78 is 26.5. The Kier molecular flexibility index (Phi) is 4.12. The number of fused-ring (bicyclic) bond motifs is 1. The minimum Gasteiger partial charge on any atom is -0.505 e. The quantitative estimate of drug-likeness (QED) is 0.612. The second-order valence-corrected chi connectivity index (χ2v) is 7.32. The number of nitrogens with zero attached hydrogens (tertiary/aromatic N) is 2. The van der Waals surface area contributed by atoms with E-state index in [9.17, 15) is 28.4 Å². The summed E-state index contributed by atoms with van der Waals surface area (Å²) in [5.74, 6) is -1.65. The third-order valence-corrected chi connectivity index (χ3v) is 5.69. The number of hydrogen-bond acceptors (Lipinski definition) is 6. The molecule has 0 aliphatic carbocycles. The Morgan fingerprint density at radius 1 is 1.15 bits per heavy atom. The lowest BCUT2D eigenvalue weighted by atomic mass is 10.1. The van der Waals surface area contributed by atoms with Crippen molar-refractivity contribution in [2.24, 2.45) is 5.73 Å². The van der Waals surface area contributed by atoms with Gasteiger partial charge in [0.2, 0.25) is 0 Å². The van der Waals surface area contributed by atoms with E-state index in [1.165, 1.54) is 48.5 Å². The smallest absolute Gasteiger partial charge is 0.269 e. The van der Waals surface area contributed by atoms with Crippen LogP contribution in [0.2, 0.25) is 0 Å². The fraction of sp³-hybridized carbons (Fsp3) is 0.0625. The zero-order valence-electron chi connectivity index (χ0n) is 13.2. The van der Waals surface area contributed by atoms with Gasteiger partial charge in [-0.15, -0.1) is 0 Å². The number of hydrogen-bond donors (Lipinski definition) is 2. The summed E-state index contributed by atoms with van der Waals surface area (Å²) in [6.45, 7) is -0.322. The summed E-state index contributed by atoms with van der Waals surface area (Å²) in [7, 11) is -4.15. The zero-order chi connectivity index (χ0) is 19.1. The van der Waals surface area contributed by atoms with Crippen LogP contribution in [-0.2, 0) is 21.4 Å². The number of benzene rings is 2. The second kappa shape index (κ2) is 6.15. The molecular weight excluding hydrogens is 362 g/mol. The molecule has 9 nitrogen and oxygen atoms in total. The van der Waals surface area contributed by atoms with Gasteiger partial charge in [-0.2, -0.15) is 0 Å². The van der Waals surface area contributed by atoms with E-state index in [1.54, 1.807) is 0 Å². The van der Waals surface area contributed by atoms with Crippen molar-refractivity contribution in [3.63, 3.8) is 0 Å². The van der Waals surface area contributed by atoms with Gasteiger partial charge in [-0.1, -0.05) is 24.3 Å². The number of sulfonamides is 1. The molecule has 3 N–H and O–H groups in total. The van der Waals surface area contributed by atoms with Gasteiger partial charge in [0.15, 0.2) is 11.5 Å². The minimum absolute atomic E-state index is 0.0127. The molecule has 1 amide bonds. The van der Waals surface area contributed by atoms with Gasteiger partial charge in [0.1, 0.15) is 0 Å². The van der Waals surface area contributed by atoms with Gasteiger partial charge in [-0.05, 0) is 17.7 Å². The number of nitro groups is 1. The van der Waals surface area contributed by atoms with Crippen molar-refractivity contribution < 1.29 is 23.2 Å². The molecule has 26 heavy (non-hydrogen) atoms. The molecule has 2 aromatic rings. The first kappa shape index (κ1) is 17.4. The van der Waals surface area contributed by atoms with Crippen LogP contribution in [0.15, 0.2) is 59.1 Å². The highest BCUT2D eigenvalue weighted by atomic mass is 32.2. The lowest BCUT2D eigenvalue weighted by molar-refractivity contribution is -0.384. The van der Waals surface area contributed by atoms with E-state index in [-0.39, 0.29) is 22.7 Å². The van der Waals surface area contributed by atoms with Gasteiger partial charge in [0.05, 0.1) is 16.4 Å². The monoisotopic (exact) mass is 375 g/mol. The number of carbonyl (C=O) groups is 1. The number of aliphatic hydroxyl groups excluding tert-OH is 1. The van der Waals surface area contributed by atoms with Crippen LogP contribution < -0.4 is 5.73 Å². The van der Waals surface area contributed by atoms with Gasteiger partial charge in [-0.25, -0.2) is 8.42 Å². The number of nitro benzene ring substituents is 1. The summed E-state index contributed by atoms with van der Waals surface area (Å²) in [6.07, 6.45) is 0. The van der Waals surface area contributed by atoms with Crippen LogP contribution in [0.1, 0.15) is 11.1 Å². The highest BCUT2D eigenvalue weighted by Crippen LogP contribution is 2.36. The fourth-order valence-electron chi connectivity index (χ4n) is 2.66. The summed E-state index contributed by atoms with van der Waals surface area (Å²) in [5.41, 5.74) is 4.95. The highest BCUT2D eigenvalue weighted by Gasteiger charge is 2.39. The molecule has 1 aliphatic heterocycles. The van der Waals surface area contributed by atoms with Crippen molar-refractivity contribution in [1.29, 1.82) is 0 Å². The number of primary amides is 1. The van der Waals surface area contributed by atoms with Crippen molar-refractivity contribution in [3.8, 4) is 0 Å². The SMILES string of the molecule is NC(=O)C1=C(O)c2ccccc2S(=O)(=O)N1Cc1ccc([N+](=O)[O-])cc1. The maximum absolute atomic E-state index is 12.9. The van der Waals surface area contributed by atoms with E-state index in [1.807, 2.05) is 0 Å². The Labute approximate surface area is 148 Å². The molecular formula is C16H13N3O6S. The van der Waals surface area contributed by atoms with Crippen molar-refractivity contribution >= 4 is 27.4 Å². The molecule has 0 saturated heterocycles. The molecule has 134 valence electrons. The molecule has 0 spiro atoms. The van der Waals surface area contributed by atoms with E-state index < -0.39 is 32.3 Å². The Morgan fingerprint density at radius 3 is 2.35 bits per heavy atom. The van der Waals surface area contributed by atoms with E-state index in [2.05, 4.69) is 0 Å². The molecule has 2 aromatic carbocycles. The fourth-order valence-corrected chi connectivity index (χ4v) is 4.33. The Hall–Kier alpha value is -3.40. The molecule has 0 fully saturated rings. The molecule has 1 aliphatic rings. The predicted octanol–water partition coefficient (Wildman–Crippen LogP) is 1.51. The van der Waals surface area contributed by atoms with Gasteiger partial charge in [0, 0.05) is 17.7 Å². The number of rotatable bonds is 4. The first-order valence-corrected chi connectivity index (χ1v) is 8.76. The number of aliphatic hydroxyl groups is 1. The predicted molar refractivity (Wildman–Crippen MR) is 91.0 cm³/mol. The van der Waals surface area contributed by atoms with Crippen LogP contribution in [0.4, 0.5) is 5.69 Å². The molecule has 0 aromatic heterocycles. The number of carbonyl (C=O) groups excluding carboxylic acids is 1.